The summed E-state index contributed by atoms with van der Waals surface area (Å²) in [4.78, 5) is 9.30. The van der Waals surface area contributed by atoms with Crippen molar-refractivity contribution in [1.29, 1.82) is 0 Å². The number of anilines is 1. The summed E-state index contributed by atoms with van der Waals surface area (Å²) >= 11 is 6.38. The van der Waals surface area contributed by atoms with Gasteiger partial charge in [-0.25, -0.2) is 4.98 Å². The molecule has 0 bridgehead atoms. The number of methoxy groups -OCH3 is 1. The fraction of sp³-hybridized carbons (Fsp3) is 0.444. The zero-order chi connectivity index (χ0) is 17.0. The largest absolute Gasteiger partial charge is 0.479 e. The Morgan fingerprint density at radius 3 is 2.43 bits per heavy atom. The van der Waals surface area contributed by atoms with Crippen molar-refractivity contribution in [2.24, 2.45) is 0 Å². The van der Waals surface area contributed by atoms with Crippen molar-refractivity contribution in [3.63, 3.8) is 0 Å². The van der Waals surface area contributed by atoms with Crippen molar-refractivity contribution in [3.8, 4) is 17.1 Å². The van der Waals surface area contributed by atoms with E-state index < -0.39 is 0 Å². The van der Waals surface area contributed by atoms with E-state index in [-0.39, 0.29) is 0 Å². The van der Waals surface area contributed by atoms with Crippen LogP contribution in [0.1, 0.15) is 37.9 Å². The van der Waals surface area contributed by atoms with Crippen molar-refractivity contribution in [2.45, 2.75) is 46.6 Å². The van der Waals surface area contributed by atoms with Crippen LogP contribution in [0.2, 0.25) is 5.02 Å². The Morgan fingerprint density at radius 2 is 1.87 bits per heavy atom. The van der Waals surface area contributed by atoms with Gasteiger partial charge in [0.2, 0.25) is 5.88 Å². The van der Waals surface area contributed by atoms with Crippen LogP contribution in [0.3, 0.4) is 0 Å². The molecule has 0 saturated heterocycles. The second kappa shape index (κ2) is 7.64. The monoisotopic (exact) mass is 333 g/mol. The van der Waals surface area contributed by atoms with Crippen LogP contribution in [0.5, 0.6) is 5.88 Å². The lowest BCUT2D eigenvalue weighted by atomic mass is 10.1. The van der Waals surface area contributed by atoms with Gasteiger partial charge in [-0.2, -0.15) is 4.98 Å². The number of ether oxygens (including phenoxy) is 1. The summed E-state index contributed by atoms with van der Waals surface area (Å²) in [6.45, 7) is 8.26. The van der Waals surface area contributed by atoms with Gasteiger partial charge in [0, 0.05) is 11.6 Å². The predicted molar refractivity (Wildman–Crippen MR) is 96.5 cm³/mol. The van der Waals surface area contributed by atoms with Crippen LogP contribution < -0.4 is 10.1 Å². The molecule has 2 aromatic rings. The van der Waals surface area contributed by atoms with E-state index in [1.54, 1.807) is 7.11 Å². The van der Waals surface area contributed by atoms with Gasteiger partial charge in [-0.15, -0.1) is 0 Å². The highest BCUT2D eigenvalue weighted by Crippen LogP contribution is 2.34. The highest BCUT2D eigenvalue weighted by atomic mass is 35.5. The molecule has 0 radical (unpaired) electrons. The van der Waals surface area contributed by atoms with E-state index in [2.05, 4.69) is 24.1 Å². The lowest BCUT2D eigenvalue weighted by Crippen LogP contribution is -2.19. The van der Waals surface area contributed by atoms with Gasteiger partial charge in [0.1, 0.15) is 5.69 Å². The number of halogens is 1. The summed E-state index contributed by atoms with van der Waals surface area (Å²) < 4.78 is 5.46. The summed E-state index contributed by atoms with van der Waals surface area (Å²) in [5, 5.41) is 4.09. The van der Waals surface area contributed by atoms with Crippen LogP contribution in [0.4, 0.5) is 5.82 Å². The fourth-order valence-corrected chi connectivity index (χ4v) is 2.78. The molecule has 124 valence electrons. The summed E-state index contributed by atoms with van der Waals surface area (Å²) in [6, 6.07) is 6.26. The summed E-state index contributed by atoms with van der Waals surface area (Å²) in [5.74, 6) is 1.25. The second-order valence-corrected chi connectivity index (χ2v) is 6.06. The van der Waals surface area contributed by atoms with Gasteiger partial charge < -0.3 is 10.1 Å². The molecule has 1 N–H and O–H groups in total. The van der Waals surface area contributed by atoms with E-state index >= 15 is 0 Å². The fourth-order valence-electron chi connectivity index (χ4n) is 2.46. The molecule has 23 heavy (non-hydrogen) atoms. The molecule has 2 rings (SSSR count). The molecule has 0 saturated carbocycles. The Bertz CT molecular complexity index is 684. The number of aromatic nitrogens is 2. The maximum atomic E-state index is 6.38. The van der Waals surface area contributed by atoms with Crippen molar-refractivity contribution < 1.29 is 4.74 Å². The number of nitrogens with one attached hydrogen (secondary N) is 1. The molecular formula is C18H24ClN3O. The van der Waals surface area contributed by atoms with Gasteiger partial charge in [-0.1, -0.05) is 37.6 Å². The minimum Gasteiger partial charge on any atom is -0.479 e. The number of hydrogen-bond donors (Lipinski definition) is 1. The predicted octanol–water partition coefficient (Wildman–Crippen LogP) is 5.02. The van der Waals surface area contributed by atoms with Gasteiger partial charge in [-0.05, 0) is 38.3 Å². The number of rotatable bonds is 6. The molecule has 0 atom stereocenters. The van der Waals surface area contributed by atoms with Crippen LogP contribution in [-0.2, 0) is 0 Å². The summed E-state index contributed by atoms with van der Waals surface area (Å²) in [7, 11) is 1.60. The van der Waals surface area contributed by atoms with Crippen LogP contribution in [0.15, 0.2) is 18.2 Å². The van der Waals surface area contributed by atoms with E-state index in [1.165, 1.54) is 0 Å². The normalized spacial score (nSPS) is 10.9. The Labute approximate surface area is 143 Å². The van der Waals surface area contributed by atoms with E-state index in [0.717, 1.165) is 35.5 Å². The molecule has 0 unspecified atom stereocenters. The first-order valence-corrected chi connectivity index (χ1v) is 8.33. The third-order valence-electron chi connectivity index (χ3n) is 3.94. The first-order valence-electron chi connectivity index (χ1n) is 7.95. The highest BCUT2D eigenvalue weighted by molar-refractivity contribution is 6.33. The number of aryl methyl sites for hydroxylation is 2. The molecule has 0 aliphatic heterocycles. The Kier molecular flexibility index (Phi) is 5.83. The maximum Gasteiger partial charge on any atom is 0.242 e. The van der Waals surface area contributed by atoms with Crippen molar-refractivity contribution in [2.75, 3.05) is 12.4 Å². The van der Waals surface area contributed by atoms with Gasteiger partial charge in [-0.3, -0.25) is 0 Å². The lowest BCUT2D eigenvalue weighted by Gasteiger charge is -2.18. The van der Waals surface area contributed by atoms with E-state index in [0.29, 0.717) is 22.6 Å². The van der Waals surface area contributed by atoms with Gasteiger partial charge in [0.15, 0.2) is 5.82 Å². The Balaban J connectivity index is 2.48. The van der Waals surface area contributed by atoms with Crippen LogP contribution in [0, 0.1) is 13.8 Å². The van der Waals surface area contributed by atoms with Crippen molar-refractivity contribution in [1.82, 2.24) is 9.97 Å². The Hall–Kier alpha value is -1.81. The molecule has 1 aromatic heterocycles. The number of benzene rings is 1. The molecule has 1 heterocycles. The molecule has 1 aromatic carbocycles. The van der Waals surface area contributed by atoms with Crippen LogP contribution in [-0.4, -0.2) is 23.1 Å². The zero-order valence-electron chi connectivity index (χ0n) is 14.4. The highest BCUT2D eigenvalue weighted by Gasteiger charge is 2.17. The number of hydrogen-bond acceptors (Lipinski definition) is 4. The van der Waals surface area contributed by atoms with Crippen molar-refractivity contribution in [3.05, 3.63) is 34.5 Å². The first-order chi connectivity index (χ1) is 11.0. The van der Waals surface area contributed by atoms with Gasteiger partial charge >= 0.3 is 0 Å². The van der Waals surface area contributed by atoms with Crippen LogP contribution in [0.25, 0.3) is 11.3 Å². The SMILES string of the molecule is CCC(CC)Nc1nc(OC)c(-c2ccc(C)cc2Cl)nc1C. The minimum atomic E-state index is 0.376. The second-order valence-electron chi connectivity index (χ2n) is 5.66. The third-order valence-corrected chi connectivity index (χ3v) is 4.25. The molecule has 4 nitrogen and oxygen atoms in total. The molecule has 5 heteroatoms. The zero-order valence-corrected chi connectivity index (χ0v) is 15.2. The summed E-state index contributed by atoms with van der Waals surface area (Å²) in [6.07, 6.45) is 2.07. The average Bonchev–Trinajstić information content (AvgIpc) is 2.53. The topological polar surface area (TPSA) is 47.0 Å². The molecule has 0 amide bonds. The quantitative estimate of drug-likeness (QED) is 0.806. The molecule has 0 fully saturated rings. The molecule has 0 aliphatic carbocycles. The lowest BCUT2D eigenvalue weighted by molar-refractivity contribution is 0.398. The van der Waals surface area contributed by atoms with E-state index in [1.807, 2.05) is 32.0 Å². The van der Waals surface area contributed by atoms with Crippen LogP contribution >= 0.6 is 11.6 Å². The van der Waals surface area contributed by atoms with E-state index in [4.69, 9.17) is 21.3 Å². The third kappa shape index (κ3) is 3.94. The van der Waals surface area contributed by atoms with Crippen molar-refractivity contribution >= 4 is 17.4 Å². The average molecular weight is 334 g/mol. The molecular weight excluding hydrogens is 310 g/mol. The molecule has 0 aliphatic rings. The standard InChI is InChI=1S/C18H24ClN3O/c1-6-13(7-2)21-17-12(4)20-16(18(22-17)23-5)14-9-8-11(3)10-15(14)19/h8-10,13H,6-7H2,1-5H3,(H,21,22). The van der Waals surface area contributed by atoms with E-state index in [9.17, 15) is 0 Å². The Morgan fingerprint density at radius 1 is 1.17 bits per heavy atom. The van der Waals surface area contributed by atoms with Gasteiger partial charge in [0.25, 0.3) is 0 Å². The smallest absolute Gasteiger partial charge is 0.242 e. The van der Waals surface area contributed by atoms with Gasteiger partial charge in [0.05, 0.1) is 17.8 Å². The first kappa shape index (κ1) is 17.5. The number of nitrogens with zero attached hydrogens (tertiary/aromatic N) is 2. The maximum absolute atomic E-state index is 6.38. The minimum absolute atomic E-state index is 0.376. The molecule has 0 spiro atoms. The summed E-state index contributed by atoms with van der Waals surface area (Å²) in [5.41, 5.74) is 3.45.